The standard InChI is InChI=1S/C22H25N9O2/c1-13-5-8-33-22-16(11-25-29(22)2)20-23-6-3-18(27-20)26-19-9-17-15(10-24-19)21(28-31(13)17)30-7-4-14(32)12-30/h3,6,9-11,13-14,32H,4-5,7-8,12H2,1-2H3,(H,23,24,26,27)/t13?,14-/m0/s1. The van der Waals surface area contributed by atoms with Crippen LogP contribution >= 0.6 is 0 Å². The molecule has 6 heterocycles. The Hall–Kier alpha value is -3.73. The van der Waals surface area contributed by atoms with Gasteiger partial charge in [-0.1, -0.05) is 0 Å². The Kier molecular flexibility index (Phi) is 4.64. The molecule has 2 aliphatic rings. The van der Waals surface area contributed by atoms with Crippen LogP contribution < -0.4 is 15.0 Å². The van der Waals surface area contributed by atoms with Gasteiger partial charge in [-0.15, -0.1) is 0 Å². The van der Waals surface area contributed by atoms with E-state index in [1.165, 1.54) is 0 Å². The van der Waals surface area contributed by atoms with Crippen LogP contribution in [-0.4, -0.2) is 65.4 Å². The third kappa shape index (κ3) is 3.44. The number of ether oxygens (including phenoxy) is 1. The molecule has 0 radical (unpaired) electrons. The number of nitrogens with one attached hydrogen (secondary N) is 1. The molecule has 170 valence electrons. The maximum Gasteiger partial charge on any atom is 0.222 e. The highest BCUT2D eigenvalue weighted by atomic mass is 16.5. The molecule has 2 aliphatic heterocycles. The summed E-state index contributed by atoms with van der Waals surface area (Å²) in [5.74, 6) is 3.32. The number of hydrogen-bond acceptors (Lipinski definition) is 9. The van der Waals surface area contributed by atoms with Crippen LogP contribution in [-0.2, 0) is 7.05 Å². The highest BCUT2D eigenvalue weighted by Gasteiger charge is 2.27. The van der Waals surface area contributed by atoms with E-state index in [9.17, 15) is 5.11 Å². The Bertz CT molecular complexity index is 1330. The molecule has 0 aromatic carbocycles. The molecule has 4 bridgehead atoms. The van der Waals surface area contributed by atoms with Crippen molar-refractivity contribution >= 4 is 28.4 Å². The van der Waals surface area contributed by atoms with E-state index in [0.717, 1.165) is 41.7 Å². The van der Waals surface area contributed by atoms with E-state index in [-0.39, 0.29) is 12.1 Å². The normalized spacial score (nSPS) is 20.4. The first kappa shape index (κ1) is 19.9. The first-order chi connectivity index (χ1) is 16.1. The molecule has 33 heavy (non-hydrogen) atoms. The summed E-state index contributed by atoms with van der Waals surface area (Å²) < 4.78 is 9.88. The van der Waals surface area contributed by atoms with Crippen molar-refractivity contribution in [3.63, 3.8) is 0 Å². The van der Waals surface area contributed by atoms with E-state index in [1.54, 1.807) is 23.1 Å². The zero-order valence-electron chi connectivity index (χ0n) is 18.5. The number of aromatic nitrogens is 7. The van der Waals surface area contributed by atoms with Crippen LogP contribution in [0.15, 0.2) is 30.7 Å². The molecule has 6 rings (SSSR count). The lowest BCUT2D eigenvalue weighted by Gasteiger charge is -2.16. The number of aliphatic hydroxyl groups excluding tert-OH is 1. The first-order valence-electron chi connectivity index (χ1n) is 11.1. The van der Waals surface area contributed by atoms with Gasteiger partial charge in [0, 0.05) is 45.0 Å². The Morgan fingerprint density at radius 1 is 1.18 bits per heavy atom. The van der Waals surface area contributed by atoms with Crippen molar-refractivity contribution in [3.8, 4) is 17.3 Å². The van der Waals surface area contributed by atoms with Gasteiger partial charge < -0.3 is 20.1 Å². The smallest absolute Gasteiger partial charge is 0.222 e. The molecular weight excluding hydrogens is 422 g/mol. The predicted molar refractivity (Wildman–Crippen MR) is 123 cm³/mol. The summed E-state index contributed by atoms with van der Waals surface area (Å²) in [5, 5.41) is 23.6. The Labute approximate surface area is 190 Å². The van der Waals surface area contributed by atoms with Crippen molar-refractivity contribution in [2.45, 2.75) is 31.9 Å². The first-order valence-corrected chi connectivity index (χ1v) is 11.1. The molecule has 1 fully saturated rings. The van der Waals surface area contributed by atoms with E-state index in [1.807, 2.05) is 24.0 Å². The van der Waals surface area contributed by atoms with E-state index in [0.29, 0.717) is 36.5 Å². The molecular formula is C22H25N9O2. The second-order valence-corrected chi connectivity index (χ2v) is 8.61. The SMILES string of the molecule is CC1CCOc2c(cnn2C)-c2nccc(n2)Nc2cc3c(cn2)c(N2CC[C@H](O)C2)nn31. The number of pyridine rings is 1. The number of aryl methyl sites for hydroxylation is 1. The lowest BCUT2D eigenvalue weighted by Crippen LogP contribution is -2.22. The van der Waals surface area contributed by atoms with Crippen LogP contribution in [0.3, 0.4) is 0 Å². The van der Waals surface area contributed by atoms with Gasteiger partial charge in [0.1, 0.15) is 17.2 Å². The quantitative estimate of drug-likeness (QED) is 0.453. The van der Waals surface area contributed by atoms with Gasteiger partial charge in [-0.25, -0.2) is 19.6 Å². The highest BCUT2D eigenvalue weighted by Crippen LogP contribution is 2.34. The summed E-state index contributed by atoms with van der Waals surface area (Å²) >= 11 is 0. The molecule has 1 unspecified atom stereocenters. The van der Waals surface area contributed by atoms with Gasteiger partial charge in [0.05, 0.1) is 35.9 Å². The Morgan fingerprint density at radius 2 is 2.09 bits per heavy atom. The second kappa shape index (κ2) is 7.69. The number of aliphatic hydroxyl groups is 1. The van der Waals surface area contributed by atoms with Gasteiger partial charge in [-0.05, 0) is 19.4 Å². The monoisotopic (exact) mass is 447 g/mol. The lowest BCUT2D eigenvalue weighted by atomic mass is 10.2. The summed E-state index contributed by atoms with van der Waals surface area (Å²) in [5.41, 5.74) is 1.72. The van der Waals surface area contributed by atoms with Crippen LogP contribution in [0.5, 0.6) is 5.88 Å². The Morgan fingerprint density at radius 3 is 2.94 bits per heavy atom. The number of rotatable bonds is 1. The zero-order valence-corrected chi connectivity index (χ0v) is 18.5. The lowest BCUT2D eigenvalue weighted by molar-refractivity contribution is 0.198. The van der Waals surface area contributed by atoms with Crippen molar-refractivity contribution in [1.29, 1.82) is 0 Å². The minimum absolute atomic E-state index is 0.0812. The fraction of sp³-hybridized carbons (Fsp3) is 0.409. The largest absolute Gasteiger partial charge is 0.477 e. The third-order valence-electron chi connectivity index (χ3n) is 6.26. The molecule has 4 aromatic rings. The van der Waals surface area contributed by atoms with E-state index in [4.69, 9.17) is 9.84 Å². The molecule has 0 saturated carbocycles. The average Bonchev–Trinajstić information content (AvgIpc) is 3.50. The molecule has 0 amide bonds. The summed E-state index contributed by atoms with van der Waals surface area (Å²) in [6.45, 7) is 3.98. The fourth-order valence-corrected chi connectivity index (χ4v) is 4.48. The minimum Gasteiger partial charge on any atom is -0.477 e. The molecule has 0 aliphatic carbocycles. The van der Waals surface area contributed by atoms with Crippen molar-refractivity contribution < 1.29 is 9.84 Å². The van der Waals surface area contributed by atoms with E-state index >= 15 is 0 Å². The van der Waals surface area contributed by atoms with Crippen LogP contribution in [0.25, 0.3) is 22.3 Å². The number of nitrogens with zero attached hydrogens (tertiary/aromatic N) is 8. The van der Waals surface area contributed by atoms with Crippen molar-refractivity contribution in [2.75, 3.05) is 29.9 Å². The van der Waals surface area contributed by atoms with Gasteiger partial charge >= 0.3 is 0 Å². The van der Waals surface area contributed by atoms with Crippen molar-refractivity contribution in [2.24, 2.45) is 7.05 Å². The fourth-order valence-electron chi connectivity index (χ4n) is 4.48. The number of hydrogen-bond donors (Lipinski definition) is 2. The van der Waals surface area contributed by atoms with Crippen molar-refractivity contribution in [1.82, 2.24) is 34.5 Å². The number of anilines is 3. The number of β-amino-alcohol motifs (C(OH)–C–C–N with tert-alkyl or cyclic N) is 1. The Balaban J connectivity index is 1.47. The van der Waals surface area contributed by atoms with E-state index in [2.05, 4.69) is 37.2 Å². The predicted octanol–water partition coefficient (Wildman–Crippen LogP) is 2.28. The molecule has 2 atom stereocenters. The topological polar surface area (TPSA) is 119 Å². The van der Waals surface area contributed by atoms with Crippen LogP contribution in [0.4, 0.5) is 17.5 Å². The van der Waals surface area contributed by atoms with Gasteiger partial charge in [-0.3, -0.25) is 4.68 Å². The van der Waals surface area contributed by atoms with Crippen molar-refractivity contribution in [3.05, 3.63) is 30.7 Å². The van der Waals surface area contributed by atoms with Crippen LogP contribution in [0.1, 0.15) is 25.8 Å². The summed E-state index contributed by atoms with van der Waals surface area (Å²) in [7, 11) is 1.84. The summed E-state index contributed by atoms with van der Waals surface area (Å²) in [4.78, 5) is 15.8. The summed E-state index contributed by atoms with van der Waals surface area (Å²) in [6, 6.07) is 3.88. The van der Waals surface area contributed by atoms with E-state index < -0.39 is 0 Å². The average molecular weight is 448 g/mol. The molecule has 1 saturated heterocycles. The van der Waals surface area contributed by atoms with Gasteiger partial charge in [0.15, 0.2) is 11.6 Å². The van der Waals surface area contributed by atoms with Gasteiger partial charge in [0.2, 0.25) is 5.88 Å². The molecule has 2 N–H and O–H groups in total. The molecule has 11 nitrogen and oxygen atoms in total. The number of fused-ring (bicyclic) bond motifs is 5. The highest BCUT2D eigenvalue weighted by molar-refractivity contribution is 5.92. The van der Waals surface area contributed by atoms with Gasteiger partial charge in [0.25, 0.3) is 0 Å². The minimum atomic E-state index is -0.327. The maximum atomic E-state index is 10.1. The molecule has 11 heteroatoms. The third-order valence-corrected chi connectivity index (χ3v) is 6.26. The maximum absolute atomic E-state index is 10.1. The molecule has 4 aromatic heterocycles. The summed E-state index contributed by atoms with van der Waals surface area (Å²) in [6.07, 6.45) is 6.43. The zero-order chi connectivity index (χ0) is 22.5. The second-order valence-electron chi connectivity index (χ2n) is 8.61. The van der Waals surface area contributed by atoms with Gasteiger partial charge in [-0.2, -0.15) is 10.2 Å². The van der Waals surface area contributed by atoms with Crippen LogP contribution in [0, 0.1) is 0 Å². The molecule has 0 spiro atoms. The van der Waals surface area contributed by atoms with Crippen LogP contribution in [0.2, 0.25) is 0 Å².